The molecule has 0 spiro atoms. The molecule has 8 heteroatoms. The molecular formula is C20H17N3O5. The number of anilines is 1. The minimum atomic E-state index is -0.896. The van der Waals surface area contributed by atoms with Crippen molar-refractivity contribution in [1.82, 2.24) is 4.90 Å². The fraction of sp³-hybridized carbons (Fsp3) is 0.250. The van der Waals surface area contributed by atoms with Crippen LogP contribution in [0.3, 0.4) is 0 Å². The number of nitrogens with zero attached hydrogens (tertiary/aromatic N) is 3. The fourth-order valence-electron chi connectivity index (χ4n) is 3.50. The van der Waals surface area contributed by atoms with E-state index in [1.54, 1.807) is 30.3 Å². The van der Waals surface area contributed by atoms with Gasteiger partial charge in [-0.1, -0.05) is 24.3 Å². The number of carbonyl (C=O) groups excluding carboxylic acids is 3. The molecule has 2 aromatic rings. The third-order valence-corrected chi connectivity index (χ3v) is 4.95. The average Bonchev–Trinajstić information content (AvgIpc) is 3.48. The smallest absolute Gasteiger partial charge is 0.270 e. The Kier molecular flexibility index (Phi) is 4.38. The number of amides is 3. The number of rotatable bonds is 5. The van der Waals surface area contributed by atoms with Crippen LogP contribution in [0.4, 0.5) is 11.4 Å². The van der Waals surface area contributed by atoms with Crippen LogP contribution < -0.4 is 4.90 Å². The van der Waals surface area contributed by atoms with Gasteiger partial charge in [0.1, 0.15) is 6.04 Å². The number of carbonyl (C=O) groups is 3. The molecule has 0 bridgehead atoms. The molecule has 0 N–H and O–H groups in total. The summed E-state index contributed by atoms with van der Waals surface area (Å²) in [5.74, 6) is -1.27. The SMILES string of the molecule is O=C1CC(N(C(=O)c2cccc([N+](=O)[O-])c2)C2CC2)C(=O)N1c1ccccc1. The van der Waals surface area contributed by atoms with Gasteiger partial charge >= 0.3 is 0 Å². The van der Waals surface area contributed by atoms with E-state index in [4.69, 9.17) is 0 Å². The first kappa shape index (κ1) is 17.8. The van der Waals surface area contributed by atoms with Gasteiger partial charge in [0, 0.05) is 23.7 Å². The highest BCUT2D eigenvalue weighted by molar-refractivity contribution is 6.23. The lowest BCUT2D eigenvalue weighted by Crippen LogP contribution is -2.46. The van der Waals surface area contributed by atoms with Crippen molar-refractivity contribution in [2.45, 2.75) is 31.3 Å². The zero-order valence-corrected chi connectivity index (χ0v) is 14.9. The summed E-state index contributed by atoms with van der Waals surface area (Å²) in [6, 6.07) is 13.0. The molecular weight excluding hydrogens is 362 g/mol. The Morgan fingerprint density at radius 3 is 2.43 bits per heavy atom. The molecule has 2 aromatic carbocycles. The number of imide groups is 1. The van der Waals surface area contributed by atoms with Crippen molar-refractivity contribution < 1.29 is 19.3 Å². The van der Waals surface area contributed by atoms with Crippen LogP contribution in [0.2, 0.25) is 0 Å². The first-order chi connectivity index (χ1) is 13.5. The molecule has 1 heterocycles. The van der Waals surface area contributed by atoms with E-state index in [1.165, 1.54) is 29.2 Å². The Bertz CT molecular complexity index is 971. The van der Waals surface area contributed by atoms with Crippen molar-refractivity contribution in [3.8, 4) is 0 Å². The summed E-state index contributed by atoms with van der Waals surface area (Å²) in [6.45, 7) is 0. The number of para-hydroxylation sites is 1. The highest BCUT2D eigenvalue weighted by Gasteiger charge is 2.48. The molecule has 2 aliphatic rings. The van der Waals surface area contributed by atoms with Gasteiger partial charge in [0.2, 0.25) is 5.91 Å². The van der Waals surface area contributed by atoms with Gasteiger partial charge in [0.15, 0.2) is 0 Å². The Balaban J connectivity index is 1.65. The summed E-state index contributed by atoms with van der Waals surface area (Å²) in [4.78, 5) is 51.6. The van der Waals surface area contributed by atoms with E-state index in [9.17, 15) is 24.5 Å². The van der Waals surface area contributed by atoms with Crippen molar-refractivity contribution in [3.05, 3.63) is 70.3 Å². The van der Waals surface area contributed by atoms with Crippen molar-refractivity contribution in [2.75, 3.05) is 4.90 Å². The quantitative estimate of drug-likeness (QED) is 0.451. The lowest BCUT2D eigenvalue weighted by molar-refractivity contribution is -0.384. The molecule has 1 aliphatic heterocycles. The van der Waals surface area contributed by atoms with Gasteiger partial charge in [0.25, 0.3) is 17.5 Å². The monoisotopic (exact) mass is 379 g/mol. The Labute approximate surface area is 160 Å². The van der Waals surface area contributed by atoms with Gasteiger partial charge in [-0.3, -0.25) is 24.5 Å². The van der Waals surface area contributed by atoms with Gasteiger partial charge < -0.3 is 4.90 Å². The molecule has 1 saturated heterocycles. The Hall–Kier alpha value is -3.55. The third-order valence-electron chi connectivity index (χ3n) is 4.95. The van der Waals surface area contributed by atoms with Crippen LogP contribution in [0.15, 0.2) is 54.6 Å². The van der Waals surface area contributed by atoms with E-state index in [-0.39, 0.29) is 29.6 Å². The van der Waals surface area contributed by atoms with Crippen molar-refractivity contribution >= 4 is 29.1 Å². The van der Waals surface area contributed by atoms with E-state index < -0.39 is 22.8 Å². The third kappa shape index (κ3) is 3.13. The molecule has 0 radical (unpaired) electrons. The van der Waals surface area contributed by atoms with Crippen LogP contribution in [-0.2, 0) is 9.59 Å². The van der Waals surface area contributed by atoms with Crippen molar-refractivity contribution in [3.63, 3.8) is 0 Å². The number of hydrogen-bond acceptors (Lipinski definition) is 5. The predicted octanol–water partition coefficient (Wildman–Crippen LogP) is 2.53. The van der Waals surface area contributed by atoms with Crippen LogP contribution in [0.25, 0.3) is 0 Å². The normalized spacial score (nSPS) is 19.0. The first-order valence-electron chi connectivity index (χ1n) is 8.96. The van der Waals surface area contributed by atoms with Crippen LogP contribution in [0.5, 0.6) is 0 Å². The molecule has 0 aromatic heterocycles. The van der Waals surface area contributed by atoms with Gasteiger partial charge in [-0.05, 0) is 31.0 Å². The highest BCUT2D eigenvalue weighted by Crippen LogP contribution is 2.35. The van der Waals surface area contributed by atoms with E-state index >= 15 is 0 Å². The number of non-ortho nitro benzene ring substituents is 1. The lowest BCUT2D eigenvalue weighted by Gasteiger charge is -2.27. The highest BCUT2D eigenvalue weighted by atomic mass is 16.6. The maximum Gasteiger partial charge on any atom is 0.270 e. The maximum absolute atomic E-state index is 13.1. The Morgan fingerprint density at radius 1 is 1.07 bits per heavy atom. The molecule has 3 amide bonds. The van der Waals surface area contributed by atoms with Crippen molar-refractivity contribution in [1.29, 1.82) is 0 Å². The van der Waals surface area contributed by atoms with Crippen LogP contribution >= 0.6 is 0 Å². The molecule has 1 saturated carbocycles. The topological polar surface area (TPSA) is 101 Å². The summed E-state index contributed by atoms with van der Waals surface area (Å²) < 4.78 is 0. The molecule has 1 atom stereocenters. The second kappa shape index (κ2) is 6.88. The van der Waals surface area contributed by atoms with E-state index in [0.717, 1.165) is 17.7 Å². The van der Waals surface area contributed by atoms with Gasteiger partial charge in [-0.25, -0.2) is 4.90 Å². The predicted molar refractivity (Wildman–Crippen MR) is 99.6 cm³/mol. The summed E-state index contributed by atoms with van der Waals surface area (Å²) in [6.07, 6.45) is 1.39. The van der Waals surface area contributed by atoms with Crippen LogP contribution in [-0.4, -0.2) is 39.6 Å². The summed E-state index contributed by atoms with van der Waals surface area (Å²) in [5, 5.41) is 11.0. The molecule has 142 valence electrons. The van der Waals surface area contributed by atoms with Gasteiger partial charge in [-0.2, -0.15) is 0 Å². The first-order valence-corrected chi connectivity index (χ1v) is 8.96. The molecule has 2 fully saturated rings. The zero-order chi connectivity index (χ0) is 19.8. The number of hydrogen-bond donors (Lipinski definition) is 0. The Morgan fingerprint density at radius 2 is 1.79 bits per heavy atom. The molecule has 1 aliphatic carbocycles. The average molecular weight is 379 g/mol. The number of nitro benzene ring substituents is 1. The summed E-state index contributed by atoms with van der Waals surface area (Å²) in [7, 11) is 0. The fourth-order valence-corrected chi connectivity index (χ4v) is 3.50. The van der Waals surface area contributed by atoms with Crippen LogP contribution in [0, 0.1) is 10.1 Å². The summed E-state index contributed by atoms with van der Waals surface area (Å²) in [5.41, 5.74) is 0.416. The summed E-state index contributed by atoms with van der Waals surface area (Å²) >= 11 is 0. The minimum absolute atomic E-state index is 0.0924. The minimum Gasteiger partial charge on any atom is -0.323 e. The zero-order valence-electron chi connectivity index (χ0n) is 14.9. The molecule has 28 heavy (non-hydrogen) atoms. The standard InChI is InChI=1S/C20H17N3O5/c24-18-12-17(20(26)22(18)14-6-2-1-3-7-14)21(15-9-10-15)19(25)13-5-4-8-16(11-13)23(27)28/h1-8,11,15,17H,9-10,12H2. The van der Waals surface area contributed by atoms with Crippen molar-refractivity contribution in [2.24, 2.45) is 0 Å². The van der Waals surface area contributed by atoms with E-state index in [1.807, 2.05) is 0 Å². The molecule has 8 nitrogen and oxygen atoms in total. The van der Waals surface area contributed by atoms with Gasteiger partial charge in [-0.15, -0.1) is 0 Å². The lowest BCUT2D eigenvalue weighted by atomic mass is 10.1. The maximum atomic E-state index is 13.1. The van der Waals surface area contributed by atoms with E-state index in [0.29, 0.717) is 5.69 Å². The van der Waals surface area contributed by atoms with Crippen LogP contribution in [0.1, 0.15) is 29.6 Å². The number of nitro groups is 1. The molecule has 4 rings (SSSR count). The largest absolute Gasteiger partial charge is 0.323 e. The number of benzene rings is 2. The second-order valence-corrected chi connectivity index (χ2v) is 6.87. The van der Waals surface area contributed by atoms with E-state index in [2.05, 4.69) is 0 Å². The molecule has 1 unspecified atom stereocenters. The van der Waals surface area contributed by atoms with Gasteiger partial charge in [0.05, 0.1) is 17.0 Å². The second-order valence-electron chi connectivity index (χ2n) is 6.87.